The molecule has 1 N–H and O–H groups in total. The Morgan fingerprint density at radius 1 is 1.38 bits per heavy atom. The van der Waals surface area contributed by atoms with Gasteiger partial charge in [0.2, 0.25) is 0 Å². The van der Waals surface area contributed by atoms with Gasteiger partial charge in [0.1, 0.15) is 10.2 Å². The molecule has 0 radical (unpaired) electrons. The second kappa shape index (κ2) is 6.35. The molecule has 26 heavy (non-hydrogen) atoms. The highest BCUT2D eigenvalue weighted by Crippen LogP contribution is 2.59. The first kappa shape index (κ1) is 17.5. The molecule has 2 bridgehead atoms. The fraction of sp³-hybridized carbons (Fsp3) is 0.333. The number of aromatic nitrogens is 2. The zero-order chi connectivity index (χ0) is 18.6. The molecule has 136 valence electrons. The Labute approximate surface area is 158 Å². The number of rotatable bonds is 3. The largest absolute Gasteiger partial charge is 0.322 e. The van der Waals surface area contributed by atoms with Crippen molar-refractivity contribution in [3.8, 4) is 0 Å². The van der Waals surface area contributed by atoms with E-state index >= 15 is 0 Å². The smallest absolute Gasteiger partial charge is 0.282 e. The van der Waals surface area contributed by atoms with Crippen LogP contribution < -0.4 is 5.32 Å². The summed E-state index contributed by atoms with van der Waals surface area (Å²) in [5.41, 5.74) is 3.18. The second-order valence-corrected chi connectivity index (χ2v) is 7.59. The Morgan fingerprint density at radius 2 is 2.15 bits per heavy atom. The fourth-order valence-electron chi connectivity index (χ4n) is 4.14. The molecule has 2 atom stereocenters. The minimum atomic E-state index is -2.81. The second-order valence-electron chi connectivity index (χ2n) is 6.64. The van der Waals surface area contributed by atoms with Gasteiger partial charge < -0.3 is 5.32 Å². The van der Waals surface area contributed by atoms with Crippen LogP contribution in [0.5, 0.6) is 0 Å². The van der Waals surface area contributed by atoms with E-state index < -0.39 is 18.0 Å². The fourth-order valence-corrected chi connectivity index (χ4v) is 4.56. The molecule has 1 fully saturated rings. The first-order valence-electron chi connectivity index (χ1n) is 8.16. The minimum absolute atomic E-state index is 0.118. The summed E-state index contributed by atoms with van der Waals surface area (Å²) >= 11 is 12.0. The van der Waals surface area contributed by atoms with Crippen LogP contribution in [0, 0.1) is 0 Å². The van der Waals surface area contributed by atoms with Gasteiger partial charge in [-0.05, 0) is 41.5 Å². The van der Waals surface area contributed by atoms with E-state index in [2.05, 4.69) is 10.4 Å². The van der Waals surface area contributed by atoms with Crippen LogP contribution in [-0.2, 0) is 7.05 Å². The van der Waals surface area contributed by atoms with Gasteiger partial charge in [-0.3, -0.25) is 9.48 Å². The van der Waals surface area contributed by atoms with Crippen LogP contribution in [0.1, 0.15) is 58.3 Å². The quantitative estimate of drug-likeness (QED) is 0.766. The number of hydrogen-bond donors (Lipinski definition) is 1. The SMILES string of the molecule is Cn1cc(C(=O)Nc2cccc3c2C2CC(=C(Cl)Cl)C3C2)c(C(F)F)n1. The number of halogens is 4. The Hall–Kier alpha value is -1.92. The van der Waals surface area contributed by atoms with Crippen molar-refractivity contribution >= 4 is 34.8 Å². The van der Waals surface area contributed by atoms with Crippen molar-refractivity contribution in [2.75, 3.05) is 5.32 Å². The summed E-state index contributed by atoms with van der Waals surface area (Å²) in [6.45, 7) is 0. The van der Waals surface area contributed by atoms with Crippen LogP contribution in [0.25, 0.3) is 0 Å². The number of amides is 1. The van der Waals surface area contributed by atoms with Gasteiger partial charge in [0.15, 0.2) is 0 Å². The third-order valence-electron chi connectivity index (χ3n) is 5.13. The average Bonchev–Trinajstić information content (AvgIpc) is 3.27. The van der Waals surface area contributed by atoms with Gasteiger partial charge in [0.25, 0.3) is 12.3 Å². The number of nitrogens with one attached hydrogen (secondary N) is 1. The van der Waals surface area contributed by atoms with E-state index in [9.17, 15) is 13.6 Å². The van der Waals surface area contributed by atoms with Gasteiger partial charge in [-0.1, -0.05) is 35.3 Å². The summed E-state index contributed by atoms with van der Waals surface area (Å²) in [6.07, 6.45) is 0.144. The minimum Gasteiger partial charge on any atom is -0.322 e. The zero-order valence-electron chi connectivity index (χ0n) is 13.8. The van der Waals surface area contributed by atoms with Gasteiger partial charge >= 0.3 is 0 Å². The number of carbonyl (C=O) groups excluding carboxylic acids is 1. The maximum Gasteiger partial charge on any atom is 0.282 e. The van der Waals surface area contributed by atoms with E-state index in [1.807, 2.05) is 12.1 Å². The van der Waals surface area contributed by atoms with E-state index in [1.165, 1.54) is 17.9 Å². The van der Waals surface area contributed by atoms with Crippen molar-refractivity contribution in [3.05, 3.63) is 56.8 Å². The maximum absolute atomic E-state index is 13.1. The molecule has 2 aliphatic carbocycles. The van der Waals surface area contributed by atoms with E-state index in [0.29, 0.717) is 10.2 Å². The van der Waals surface area contributed by atoms with Gasteiger partial charge in [0.05, 0.1) is 5.56 Å². The normalized spacial score (nSPS) is 20.6. The summed E-state index contributed by atoms with van der Waals surface area (Å²) in [4.78, 5) is 12.6. The monoisotopic (exact) mass is 397 g/mol. The molecule has 0 spiro atoms. The van der Waals surface area contributed by atoms with Crippen molar-refractivity contribution in [3.63, 3.8) is 0 Å². The summed E-state index contributed by atoms with van der Waals surface area (Å²) < 4.78 is 27.8. The lowest BCUT2D eigenvalue weighted by atomic mass is 9.87. The van der Waals surface area contributed by atoms with Crippen LogP contribution in [0.4, 0.5) is 14.5 Å². The highest BCUT2D eigenvalue weighted by Gasteiger charge is 2.43. The first-order valence-corrected chi connectivity index (χ1v) is 8.92. The molecule has 0 aliphatic heterocycles. The Morgan fingerprint density at radius 3 is 2.85 bits per heavy atom. The molecule has 8 heteroatoms. The number of fused-ring (bicyclic) bond motifs is 5. The number of hydrogen-bond acceptors (Lipinski definition) is 2. The van der Waals surface area contributed by atoms with Crippen LogP contribution >= 0.6 is 23.2 Å². The topological polar surface area (TPSA) is 46.9 Å². The standard InChI is InChI=1S/C18H15Cl2F2N3O/c1-25-7-12(15(24-25)17(21)22)18(26)23-13-4-2-3-9-10-5-8(14(9)13)6-11(10)16(19)20/h2-4,7-8,10,17H,5-6H2,1H3,(H,23,26). The summed E-state index contributed by atoms with van der Waals surface area (Å²) in [5.74, 6) is -0.208. The molecule has 4 rings (SSSR count). The van der Waals surface area contributed by atoms with Crippen molar-refractivity contribution in [2.45, 2.75) is 31.1 Å². The van der Waals surface area contributed by atoms with Gasteiger partial charge in [-0.15, -0.1) is 0 Å². The Balaban J connectivity index is 1.67. The zero-order valence-corrected chi connectivity index (χ0v) is 15.3. The number of allylic oxidation sites excluding steroid dienone is 1. The third-order valence-corrected chi connectivity index (χ3v) is 5.62. The summed E-state index contributed by atoms with van der Waals surface area (Å²) in [6, 6.07) is 5.63. The van der Waals surface area contributed by atoms with Crippen molar-refractivity contribution in [1.82, 2.24) is 9.78 Å². The maximum atomic E-state index is 13.1. The van der Waals surface area contributed by atoms with Crippen LogP contribution in [-0.4, -0.2) is 15.7 Å². The predicted octanol–water partition coefficient (Wildman–Crippen LogP) is 5.27. The molecule has 2 aliphatic rings. The number of benzene rings is 1. The predicted molar refractivity (Wildman–Crippen MR) is 96.0 cm³/mol. The lowest BCUT2D eigenvalue weighted by Gasteiger charge is -2.21. The molecule has 2 aromatic rings. The van der Waals surface area contributed by atoms with E-state index in [0.717, 1.165) is 29.5 Å². The lowest BCUT2D eigenvalue weighted by molar-refractivity contribution is 0.101. The molecule has 2 unspecified atom stereocenters. The molecular weight excluding hydrogens is 383 g/mol. The number of alkyl halides is 2. The van der Waals surface area contributed by atoms with Crippen molar-refractivity contribution < 1.29 is 13.6 Å². The average molecular weight is 398 g/mol. The van der Waals surface area contributed by atoms with E-state index in [-0.39, 0.29) is 17.4 Å². The number of carbonyl (C=O) groups is 1. The van der Waals surface area contributed by atoms with Crippen LogP contribution in [0.3, 0.4) is 0 Å². The highest BCUT2D eigenvalue weighted by molar-refractivity contribution is 6.56. The summed E-state index contributed by atoms with van der Waals surface area (Å²) in [5, 5.41) is 6.47. The van der Waals surface area contributed by atoms with Crippen molar-refractivity contribution in [1.29, 1.82) is 0 Å². The van der Waals surface area contributed by atoms with Crippen LogP contribution in [0.15, 0.2) is 34.5 Å². The third kappa shape index (κ3) is 2.72. The first-order chi connectivity index (χ1) is 12.4. The van der Waals surface area contributed by atoms with Gasteiger partial charge in [-0.25, -0.2) is 8.78 Å². The van der Waals surface area contributed by atoms with Gasteiger partial charge in [0, 0.05) is 24.8 Å². The van der Waals surface area contributed by atoms with Crippen LogP contribution in [0.2, 0.25) is 0 Å². The van der Waals surface area contributed by atoms with E-state index in [1.54, 1.807) is 6.07 Å². The van der Waals surface area contributed by atoms with Crippen molar-refractivity contribution in [2.24, 2.45) is 7.05 Å². The Kier molecular flexibility index (Phi) is 4.28. The lowest BCUT2D eigenvalue weighted by Crippen LogP contribution is -2.16. The number of anilines is 1. The summed E-state index contributed by atoms with van der Waals surface area (Å²) in [7, 11) is 1.51. The highest BCUT2D eigenvalue weighted by atomic mass is 35.5. The molecule has 1 amide bonds. The number of aryl methyl sites for hydroxylation is 1. The van der Waals surface area contributed by atoms with Gasteiger partial charge in [-0.2, -0.15) is 5.10 Å². The Bertz CT molecular complexity index is 935. The molecule has 4 nitrogen and oxygen atoms in total. The molecule has 0 saturated heterocycles. The molecule has 1 heterocycles. The molecule has 1 aromatic heterocycles. The van der Waals surface area contributed by atoms with E-state index in [4.69, 9.17) is 23.2 Å². The molecule has 1 saturated carbocycles. The molecular formula is C18H15Cl2F2N3O. The number of nitrogens with zero attached hydrogens (tertiary/aromatic N) is 2. The molecule has 1 aromatic carbocycles.